The molecule has 1 aliphatic heterocycles. The van der Waals surface area contributed by atoms with E-state index in [4.69, 9.17) is 0 Å². The molecule has 0 spiro atoms. The lowest BCUT2D eigenvalue weighted by molar-refractivity contribution is 0.460. The minimum atomic E-state index is -3.56. The van der Waals surface area contributed by atoms with Gasteiger partial charge in [-0.15, -0.1) is 0 Å². The molecule has 0 aromatic carbocycles. The van der Waals surface area contributed by atoms with Crippen molar-refractivity contribution in [3.8, 4) is 17.3 Å². The summed E-state index contributed by atoms with van der Waals surface area (Å²) in [4.78, 5) is 21.8. The van der Waals surface area contributed by atoms with E-state index in [9.17, 15) is 18.5 Å². The smallest absolute Gasteiger partial charge is 0.272 e. The second-order valence-corrected chi connectivity index (χ2v) is 11.1. The third-order valence-corrected chi connectivity index (χ3v) is 6.89. The van der Waals surface area contributed by atoms with Crippen LogP contribution in [0.3, 0.4) is 0 Å². The van der Waals surface area contributed by atoms with E-state index in [1.807, 2.05) is 33.8 Å². The molecule has 28 heavy (non-hydrogen) atoms. The number of nitriles is 1. The van der Waals surface area contributed by atoms with Crippen molar-refractivity contribution in [2.45, 2.75) is 49.7 Å². The van der Waals surface area contributed by atoms with E-state index >= 15 is 0 Å². The van der Waals surface area contributed by atoms with E-state index in [0.29, 0.717) is 28.9 Å². The Morgan fingerprint density at radius 2 is 2.04 bits per heavy atom. The maximum atomic E-state index is 12.8. The first-order chi connectivity index (χ1) is 12.9. The molecular weight excluding hydrogens is 396 g/mol. The number of rotatable bonds is 2. The average Bonchev–Trinajstić information content (AvgIpc) is 2.60. The first kappa shape index (κ1) is 20.6. The Morgan fingerprint density at radius 3 is 2.61 bits per heavy atom. The number of hydrogen-bond acceptors (Lipinski definition) is 7. The molecule has 1 atom stereocenters. The Kier molecular flexibility index (Phi) is 5.15. The molecule has 0 amide bonds. The van der Waals surface area contributed by atoms with Crippen molar-refractivity contribution in [2.75, 3.05) is 12.0 Å². The molecule has 0 saturated heterocycles. The normalized spacial score (nSPS) is 17.1. The summed E-state index contributed by atoms with van der Waals surface area (Å²) in [5.74, 6) is 1.13. The van der Waals surface area contributed by atoms with Gasteiger partial charge in [0.2, 0.25) is 0 Å². The highest BCUT2D eigenvalue weighted by atomic mass is 32.2. The fourth-order valence-corrected chi connectivity index (χ4v) is 5.18. The van der Waals surface area contributed by atoms with Crippen LogP contribution in [0.4, 0.5) is 0 Å². The van der Waals surface area contributed by atoms with Crippen LogP contribution in [0.15, 0.2) is 27.1 Å². The van der Waals surface area contributed by atoms with Gasteiger partial charge in [0.05, 0.1) is 16.3 Å². The number of sulfone groups is 1. The molecule has 148 valence electrons. The van der Waals surface area contributed by atoms with Gasteiger partial charge < -0.3 is 0 Å². The third kappa shape index (κ3) is 3.71. The lowest BCUT2D eigenvalue weighted by Gasteiger charge is -2.23. The van der Waals surface area contributed by atoms with E-state index in [0.717, 1.165) is 12.0 Å². The first-order valence-corrected chi connectivity index (χ1v) is 11.7. The summed E-state index contributed by atoms with van der Waals surface area (Å²) in [6.45, 7) is 8.19. The van der Waals surface area contributed by atoms with Gasteiger partial charge in [-0.3, -0.25) is 14.3 Å². The molecule has 1 unspecified atom stereocenters. The summed E-state index contributed by atoms with van der Waals surface area (Å²) in [6.07, 6.45) is 2.62. The summed E-state index contributed by atoms with van der Waals surface area (Å²) in [5, 5.41) is 10.1. The van der Waals surface area contributed by atoms with E-state index in [1.165, 1.54) is 28.6 Å². The van der Waals surface area contributed by atoms with Crippen molar-refractivity contribution in [3.05, 3.63) is 33.9 Å². The van der Waals surface area contributed by atoms with Crippen LogP contribution in [0.25, 0.3) is 11.3 Å². The van der Waals surface area contributed by atoms with Gasteiger partial charge in [0.1, 0.15) is 11.6 Å². The molecule has 0 saturated carbocycles. The summed E-state index contributed by atoms with van der Waals surface area (Å²) >= 11 is 1.46. The minimum Gasteiger partial charge on any atom is -0.286 e. The molecule has 1 aliphatic rings. The number of thioether (sulfide) groups is 1. The van der Waals surface area contributed by atoms with Crippen LogP contribution in [0, 0.1) is 17.2 Å². The van der Waals surface area contributed by atoms with Gasteiger partial charge >= 0.3 is 0 Å². The predicted octanol–water partition coefficient (Wildman–Crippen LogP) is 2.62. The van der Waals surface area contributed by atoms with E-state index in [-0.39, 0.29) is 16.2 Å². The van der Waals surface area contributed by atoms with Crippen LogP contribution in [-0.2, 0) is 21.8 Å². The van der Waals surface area contributed by atoms with E-state index < -0.39 is 20.8 Å². The van der Waals surface area contributed by atoms with Crippen molar-refractivity contribution >= 4 is 21.6 Å². The molecule has 2 aromatic heterocycles. The van der Waals surface area contributed by atoms with Crippen LogP contribution in [0.2, 0.25) is 0 Å². The monoisotopic (exact) mass is 418 g/mol. The van der Waals surface area contributed by atoms with Gasteiger partial charge in [-0.2, -0.15) is 5.26 Å². The van der Waals surface area contributed by atoms with Crippen molar-refractivity contribution < 1.29 is 8.42 Å². The highest BCUT2D eigenvalue weighted by Gasteiger charge is 2.28. The third-order valence-electron chi connectivity index (χ3n) is 4.47. The van der Waals surface area contributed by atoms with Gasteiger partial charge in [-0.25, -0.2) is 13.4 Å². The predicted molar refractivity (Wildman–Crippen MR) is 108 cm³/mol. The molecule has 0 fully saturated rings. The summed E-state index contributed by atoms with van der Waals surface area (Å²) < 4.78 is 26.3. The molecule has 0 bridgehead atoms. The van der Waals surface area contributed by atoms with Crippen molar-refractivity contribution in [3.63, 3.8) is 0 Å². The second kappa shape index (κ2) is 7.01. The van der Waals surface area contributed by atoms with Crippen LogP contribution >= 0.6 is 11.8 Å². The quantitative estimate of drug-likeness (QED) is 0.690. The molecular formula is C19H22N4O3S2. The lowest BCUT2D eigenvalue weighted by Crippen LogP contribution is -2.32. The summed E-state index contributed by atoms with van der Waals surface area (Å²) in [5.41, 5.74) is -0.00634. The standard InChI is InChI=1S/C19H22N4O3S2/c1-11-9-23-17(24)13(7-20)15(22-18(23)27-10-11)12-6-14(28(5,25)26)16(21-8-12)19(2,3)4/h6,8,11H,9-10H2,1-5H3. The van der Waals surface area contributed by atoms with Crippen LogP contribution in [0.5, 0.6) is 0 Å². The molecule has 0 radical (unpaired) electrons. The largest absolute Gasteiger partial charge is 0.286 e. The number of hydrogen-bond donors (Lipinski definition) is 0. The van der Waals surface area contributed by atoms with Gasteiger partial charge in [-0.05, 0) is 12.0 Å². The fourth-order valence-electron chi connectivity index (χ4n) is 3.12. The zero-order valence-electron chi connectivity index (χ0n) is 16.5. The second-order valence-electron chi connectivity index (χ2n) is 8.15. The highest BCUT2D eigenvalue weighted by Crippen LogP contribution is 2.32. The van der Waals surface area contributed by atoms with Crippen molar-refractivity contribution in [2.24, 2.45) is 5.92 Å². The van der Waals surface area contributed by atoms with Crippen molar-refractivity contribution in [1.29, 1.82) is 5.26 Å². The summed E-state index contributed by atoms with van der Waals surface area (Å²) in [6, 6.07) is 3.42. The highest BCUT2D eigenvalue weighted by molar-refractivity contribution is 7.99. The molecule has 2 aromatic rings. The van der Waals surface area contributed by atoms with Gasteiger partial charge in [0.25, 0.3) is 5.56 Å². The van der Waals surface area contributed by atoms with E-state index in [2.05, 4.69) is 9.97 Å². The molecule has 3 rings (SSSR count). The maximum Gasteiger partial charge on any atom is 0.272 e. The molecule has 0 aliphatic carbocycles. The Hall–Kier alpha value is -2.18. The summed E-state index contributed by atoms with van der Waals surface area (Å²) in [7, 11) is -3.56. The van der Waals surface area contributed by atoms with Gasteiger partial charge in [0.15, 0.2) is 15.0 Å². The van der Waals surface area contributed by atoms with Crippen LogP contribution in [-0.4, -0.2) is 35.0 Å². The SMILES string of the molecule is CC1CSc2nc(-c3cnc(C(C)(C)C)c(S(C)(=O)=O)c3)c(C#N)c(=O)n2C1. The van der Waals surface area contributed by atoms with E-state index in [1.54, 1.807) is 0 Å². The zero-order valence-corrected chi connectivity index (χ0v) is 18.1. The van der Waals surface area contributed by atoms with Crippen LogP contribution in [0.1, 0.15) is 39.0 Å². The molecule has 3 heterocycles. The number of aromatic nitrogens is 3. The Bertz CT molecular complexity index is 1160. The number of fused-ring (bicyclic) bond motifs is 1. The fraction of sp³-hybridized carbons (Fsp3) is 0.474. The van der Waals surface area contributed by atoms with Crippen LogP contribution < -0.4 is 5.56 Å². The Labute approximate surface area is 168 Å². The number of pyridine rings is 1. The topological polar surface area (TPSA) is 106 Å². The Morgan fingerprint density at radius 1 is 1.36 bits per heavy atom. The lowest BCUT2D eigenvalue weighted by atomic mass is 9.91. The van der Waals surface area contributed by atoms with Gasteiger partial charge in [0, 0.05) is 35.7 Å². The Balaban J connectivity index is 2.30. The average molecular weight is 419 g/mol. The molecule has 0 N–H and O–H groups in total. The molecule has 9 heteroatoms. The minimum absolute atomic E-state index is 0.0855. The molecule has 7 nitrogen and oxygen atoms in total. The van der Waals surface area contributed by atoms with Crippen molar-refractivity contribution in [1.82, 2.24) is 14.5 Å². The van der Waals surface area contributed by atoms with Gasteiger partial charge in [-0.1, -0.05) is 39.5 Å². The zero-order chi connectivity index (χ0) is 20.9. The number of nitrogens with zero attached hydrogens (tertiary/aromatic N) is 4. The maximum absolute atomic E-state index is 12.8. The first-order valence-electron chi connectivity index (χ1n) is 8.82.